The van der Waals surface area contributed by atoms with Crippen LogP contribution in [0.25, 0.3) is 0 Å². The second-order valence-electron chi connectivity index (χ2n) is 4.25. The first-order valence-electron chi connectivity index (χ1n) is 6.03. The van der Waals surface area contributed by atoms with E-state index in [-0.39, 0.29) is 0 Å². The van der Waals surface area contributed by atoms with Crippen LogP contribution < -0.4 is 4.90 Å². The number of rotatable bonds is 2. The maximum Gasteiger partial charge on any atom is 0.0498 e. The van der Waals surface area contributed by atoms with E-state index in [1.54, 1.807) is 0 Å². The molecule has 0 N–H and O–H groups in total. The van der Waals surface area contributed by atoms with Crippen LogP contribution in [0.1, 0.15) is 11.1 Å². The number of benzene rings is 2. The number of fused-ring (bicyclic) bond motifs is 1. The lowest BCUT2D eigenvalue weighted by Crippen LogP contribution is -2.16. The van der Waals surface area contributed by atoms with Gasteiger partial charge in [0.1, 0.15) is 0 Å². The summed E-state index contributed by atoms with van der Waals surface area (Å²) in [4.78, 5) is 6.48. The molecule has 2 aromatic carbocycles. The molecule has 0 aromatic heterocycles. The van der Waals surface area contributed by atoms with Crippen LogP contribution in [-0.4, -0.2) is 6.21 Å². The zero-order chi connectivity index (χ0) is 12.2. The van der Waals surface area contributed by atoms with Crippen molar-refractivity contribution in [3.05, 3.63) is 78.1 Å². The van der Waals surface area contributed by atoms with Gasteiger partial charge in [0.05, 0.1) is 0 Å². The molecule has 1 heterocycles. The third kappa shape index (κ3) is 2.18. The van der Waals surface area contributed by atoms with Gasteiger partial charge in [-0.05, 0) is 11.6 Å². The van der Waals surface area contributed by atoms with Crippen LogP contribution in [0.2, 0.25) is 0 Å². The molecule has 2 aromatic rings. The molecular weight excluding hydrogens is 220 g/mol. The summed E-state index contributed by atoms with van der Waals surface area (Å²) in [5, 5.41) is 0. The highest BCUT2D eigenvalue weighted by atomic mass is 15.1. The van der Waals surface area contributed by atoms with Crippen molar-refractivity contribution in [2.75, 3.05) is 4.90 Å². The van der Waals surface area contributed by atoms with E-state index in [0.29, 0.717) is 0 Å². The molecule has 0 fully saturated rings. The highest BCUT2D eigenvalue weighted by Gasteiger charge is 2.09. The van der Waals surface area contributed by atoms with Crippen molar-refractivity contribution < 1.29 is 0 Å². The minimum absolute atomic E-state index is 0.859. The van der Waals surface area contributed by atoms with Crippen LogP contribution >= 0.6 is 0 Å². The number of aliphatic imine (C=N–C) groups is 1. The van der Waals surface area contributed by atoms with Crippen molar-refractivity contribution in [3.63, 3.8) is 0 Å². The summed E-state index contributed by atoms with van der Waals surface area (Å²) in [6.07, 6.45) is 5.76. The lowest BCUT2D eigenvalue weighted by atomic mass is 10.1. The SMILES string of the molecule is C1=CN(Cc2ccccc2)c2ccccc2C=N1. The maximum atomic E-state index is 4.26. The molecule has 1 aliphatic heterocycles. The Morgan fingerprint density at radius 3 is 2.56 bits per heavy atom. The molecule has 0 spiro atoms. The number of nitrogens with zero attached hydrogens (tertiary/aromatic N) is 2. The molecule has 3 rings (SSSR count). The Hall–Kier alpha value is -2.35. The lowest BCUT2D eigenvalue weighted by Gasteiger charge is -2.21. The second-order valence-corrected chi connectivity index (χ2v) is 4.25. The molecule has 0 saturated carbocycles. The summed E-state index contributed by atoms with van der Waals surface area (Å²) in [5.41, 5.74) is 3.64. The van der Waals surface area contributed by atoms with Crippen LogP contribution in [0.4, 0.5) is 5.69 Å². The molecule has 2 heteroatoms. The van der Waals surface area contributed by atoms with Crippen molar-refractivity contribution in [3.8, 4) is 0 Å². The number of anilines is 1. The Morgan fingerprint density at radius 1 is 0.889 bits per heavy atom. The van der Waals surface area contributed by atoms with Crippen molar-refractivity contribution in [1.29, 1.82) is 0 Å². The Kier molecular flexibility index (Phi) is 2.92. The fourth-order valence-electron chi connectivity index (χ4n) is 2.10. The fourth-order valence-corrected chi connectivity index (χ4v) is 2.10. The lowest BCUT2D eigenvalue weighted by molar-refractivity contribution is 0.966. The van der Waals surface area contributed by atoms with Gasteiger partial charge < -0.3 is 4.90 Å². The predicted octanol–water partition coefficient (Wildman–Crippen LogP) is 3.60. The van der Waals surface area contributed by atoms with E-state index in [9.17, 15) is 0 Å². The van der Waals surface area contributed by atoms with Crippen molar-refractivity contribution >= 4 is 11.9 Å². The molecule has 0 aliphatic carbocycles. The summed E-state index contributed by atoms with van der Waals surface area (Å²) >= 11 is 0. The number of hydrogen-bond donors (Lipinski definition) is 0. The van der Waals surface area contributed by atoms with Gasteiger partial charge in [-0.1, -0.05) is 48.5 Å². The fraction of sp³-hybridized carbons (Fsp3) is 0.0625. The smallest absolute Gasteiger partial charge is 0.0498 e. The Bertz CT molecular complexity index is 585. The zero-order valence-electron chi connectivity index (χ0n) is 10.0. The Balaban J connectivity index is 1.94. The predicted molar refractivity (Wildman–Crippen MR) is 75.8 cm³/mol. The van der Waals surface area contributed by atoms with Gasteiger partial charge >= 0.3 is 0 Å². The van der Waals surface area contributed by atoms with Crippen molar-refractivity contribution in [1.82, 2.24) is 0 Å². The van der Waals surface area contributed by atoms with Crippen molar-refractivity contribution in [2.45, 2.75) is 6.54 Å². The van der Waals surface area contributed by atoms with Crippen LogP contribution in [0.3, 0.4) is 0 Å². The highest BCUT2D eigenvalue weighted by molar-refractivity contribution is 5.89. The largest absolute Gasteiger partial charge is 0.341 e. The molecule has 2 nitrogen and oxygen atoms in total. The van der Waals surface area contributed by atoms with Crippen LogP contribution in [0, 0.1) is 0 Å². The van der Waals surface area contributed by atoms with Crippen LogP contribution in [0.5, 0.6) is 0 Å². The normalized spacial score (nSPS) is 13.2. The van der Waals surface area contributed by atoms with Crippen molar-refractivity contribution in [2.24, 2.45) is 4.99 Å². The quantitative estimate of drug-likeness (QED) is 0.775. The highest BCUT2D eigenvalue weighted by Crippen LogP contribution is 2.23. The molecule has 0 radical (unpaired) electrons. The third-order valence-corrected chi connectivity index (χ3v) is 2.99. The van der Waals surface area contributed by atoms with E-state index in [1.807, 2.05) is 30.7 Å². The van der Waals surface area contributed by atoms with E-state index in [2.05, 4.69) is 52.4 Å². The van der Waals surface area contributed by atoms with Crippen LogP contribution in [0.15, 0.2) is 72.0 Å². The van der Waals surface area contributed by atoms with Gasteiger partial charge in [0.2, 0.25) is 0 Å². The first kappa shape index (κ1) is 10.8. The molecule has 0 saturated heterocycles. The molecule has 0 amide bonds. The minimum Gasteiger partial charge on any atom is -0.341 e. The van der Waals surface area contributed by atoms with Gasteiger partial charge in [-0.25, -0.2) is 0 Å². The molecule has 0 unspecified atom stereocenters. The van der Waals surface area contributed by atoms with E-state index >= 15 is 0 Å². The summed E-state index contributed by atoms with van der Waals surface area (Å²) < 4.78 is 0. The van der Waals surface area contributed by atoms with Gasteiger partial charge in [0.25, 0.3) is 0 Å². The average Bonchev–Trinajstić information content (AvgIpc) is 2.63. The standard InChI is InChI=1S/C16H14N2/c1-2-6-14(7-3-1)13-18-11-10-17-12-15-8-4-5-9-16(15)18/h1-12H,13H2. The molecular formula is C16H14N2. The summed E-state index contributed by atoms with van der Waals surface area (Å²) in [6.45, 7) is 0.859. The molecule has 18 heavy (non-hydrogen) atoms. The number of hydrogen-bond acceptors (Lipinski definition) is 2. The first-order valence-corrected chi connectivity index (χ1v) is 6.03. The zero-order valence-corrected chi connectivity index (χ0v) is 10.0. The topological polar surface area (TPSA) is 15.6 Å². The van der Waals surface area contributed by atoms with Gasteiger partial charge in [-0.15, -0.1) is 0 Å². The molecule has 0 bridgehead atoms. The maximum absolute atomic E-state index is 4.26. The monoisotopic (exact) mass is 234 g/mol. The summed E-state index contributed by atoms with van der Waals surface area (Å²) in [7, 11) is 0. The van der Waals surface area contributed by atoms with E-state index < -0.39 is 0 Å². The van der Waals surface area contributed by atoms with Gasteiger partial charge in [-0.3, -0.25) is 4.99 Å². The van der Waals surface area contributed by atoms with E-state index in [0.717, 1.165) is 12.1 Å². The average molecular weight is 234 g/mol. The summed E-state index contributed by atoms with van der Waals surface area (Å²) in [5.74, 6) is 0. The third-order valence-electron chi connectivity index (χ3n) is 2.99. The van der Waals surface area contributed by atoms with Gasteiger partial charge in [0, 0.05) is 36.4 Å². The second kappa shape index (κ2) is 4.88. The van der Waals surface area contributed by atoms with Gasteiger partial charge in [0.15, 0.2) is 0 Å². The van der Waals surface area contributed by atoms with E-state index in [4.69, 9.17) is 0 Å². The van der Waals surface area contributed by atoms with E-state index in [1.165, 1.54) is 11.3 Å². The minimum atomic E-state index is 0.859. The molecule has 88 valence electrons. The molecule has 1 aliphatic rings. The summed E-state index contributed by atoms with van der Waals surface area (Å²) in [6, 6.07) is 18.8. The Labute approximate surface area is 107 Å². The first-order chi connectivity index (χ1) is 8.93. The number of para-hydroxylation sites is 1. The van der Waals surface area contributed by atoms with Gasteiger partial charge in [-0.2, -0.15) is 0 Å². The Morgan fingerprint density at radius 2 is 1.67 bits per heavy atom. The van der Waals surface area contributed by atoms with Crippen LogP contribution in [-0.2, 0) is 6.54 Å². The molecule has 0 atom stereocenters.